The Balaban J connectivity index is 1.35. The molecule has 1 saturated carbocycles. The van der Waals surface area contributed by atoms with E-state index in [0.717, 1.165) is 6.42 Å². The number of rotatable bonds is 5. The highest BCUT2D eigenvalue weighted by atomic mass is 32.2. The first-order valence-electron chi connectivity index (χ1n) is 12.5. The maximum atomic E-state index is 13.1. The van der Waals surface area contributed by atoms with E-state index in [-0.39, 0.29) is 17.0 Å². The van der Waals surface area contributed by atoms with Gasteiger partial charge in [0.25, 0.3) is 15.8 Å². The van der Waals surface area contributed by atoms with E-state index in [9.17, 15) is 23.6 Å². The van der Waals surface area contributed by atoms with Gasteiger partial charge in [0.05, 0.1) is 11.6 Å². The van der Waals surface area contributed by atoms with Gasteiger partial charge in [0.15, 0.2) is 0 Å². The average molecular weight is 516 g/mol. The molecular weight excluding hydrogens is 482 g/mol. The zero-order chi connectivity index (χ0) is 25.9. The van der Waals surface area contributed by atoms with Crippen molar-refractivity contribution in [3.05, 3.63) is 28.2 Å². The topological polar surface area (TPSA) is 144 Å². The SMILES string of the molecule is CC1(C)CN(S(=O)(=O)N2CCC(Nc3ncc4cc(C#N)c(=O)n([C@@H]5CCC[C@@]5(C)O)c4n3)CC2)C1. The van der Waals surface area contributed by atoms with Crippen molar-refractivity contribution in [3.63, 3.8) is 0 Å². The highest BCUT2D eigenvalue weighted by Crippen LogP contribution is 2.39. The van der Waals surface area contributed by atoms with Crippen LogP contribution >= 0.6 is 0 Å². The molecule has 0 radical (unpaired) electrons. The van der Waals surface area contributed by atoms with Crippen molar-refractivity contribution in [2.75, 3.05) is 31.5 Å². The van der Waals surface area contributed by atoms with Crippen LogP contribution in [-0.4, -0.2) is 74.5 Å². The van der Waals surface area contributed by atoms with Gasteiger partial charge in [-0.1, -0.05) is 13.8 Å². The number of anilines is 1. The van der Waals surface area contributed by atoms with Gasteiger partial charge in [-0.2, -0.15) is 27.3 Å². The number of hydrogen-bond acceptors (Lipinski definition) is 8. The Morgan fingerprint density at radius 3 is 2.44 bits per heavy atom. The van der Waals surface area contributed by atoms with E-state index in [4.69, 9.17) is 0 Å². The molecule has 36 heavy (non-hydrogen) atoms. The maximum absolute atomic E-state index is 13.1. The number of nitriles is 1. The van der Waals surface area contributed by atoms with Gasteiger partial charge >= 0.3 is 0 Å². The number of aliphatic hydroxyl groups is 1. The Morgan fingerprint density at radius 2 is 1.86 bits per heavy atom. The van der Waals surface area contributed by atoms with Gasteiger partial charge in [-0.05, 0) is 50.5 Å². The lowest BCUT2D eigenvalue weighted by Gasteiger charge is -2.47. The first-order chi connectivity index (χ1) is 16.9. The van der Waals surface area contributed by atoms with Crippen LogP contribution in [0.25, 0.3) is 11.0 Å². The minimum Gasteiger partial charge on any atom is -0.388 e. The van der Waals surface area contributed by atoms with E-state index in [1.54, 1.807) is 21.7 Å². The van der Waals surface area contributed by atoms with Crippen molar-refractivity contribution in [3.8, 4) is 6.07 Å². The van der Waals surface area contributed by atoms with Gasteiger partial charge in [-0.25, -0.2) is 4.98 Å². The number of nitrogens with zero attached hydrogens (tertiary/aromatic N) is 6. The molecule has 3 fully saturated rings. The van der Waals surface area contributed by atoms with Crippen LogP contribution in [0, 0.1) is 16.7 Å². The largest absolute Gasteiger partial charge is 0.388 e. The molecule has 0 bridgehead atoms. The molecule has 2 aromatic rings. The predicted octanol–water partition coefficient (Wildman–Crippen LogP) is 1.60. The van der Waals surface area contributed by atoms with Crippen LogP contribution in [0.5, 0.6) is 0 Å². The van der Waals surface area contributed by atoms with E-state index in [1.165, 1.54) is 10.6 Å². The molecule has 12 heteroatoms. The molecule has 2 N–H and O–H groups in total. The fraction of sp³-hybridized carbons (Fsp3) is 0.667. The molecule has 2 aromatic heterocycles. The summed E-state index contributed by atoms with van der Waals surface area (Å²) in [6, 6.07) is 2.94. The minimum atomic E-state index is -3.44. The molecule has 3 aliphatic rings. The van der Waals surface area contributed by atoms with Gasteiger partial charge in [0.2, 0.25) is 5.95 Å². The molecule has 194 valence electrons. The van der Waals surface area contributed by atoms with Crippen molar-refractivity contribution in [1.29, 1.82) is 5.26 Å². The van der Waals surface area contributed by atoms with Gasteiger partial charge in [0, 0.05) is 43.8 Å². The highest BCUT2D eigenvalue weighted by Gasteiger charge is 2.44. The van der Waals surface area contributed by atoms with Crippen LogP contribution in [0.3, 0.4) is 0 Å². The van der Waals surface area contributed by atoms with Crippen LogP contribution in [0.2, 0.25) is 0 Å². The van der Waals surface area contributed by atoms with Crippen LogP contribution in [0.1, 0.15) is 64.5 Å². The highest BCUT2D eigenvalue weighted by molar-refractivity contribution is 7.86. The third-order valence-electron chi connectivity index (χ3n) is 7.73. The fourth-order valence-corrected chi connectivity index (χ4v) is 7.77. The van der Waals surface area contributed by atoms with Gasteiger partial charge < -0.3 is 10.4 Å². The Hall–Kier alpha value is -2.59. The van der Waals surface area contributed by atoms with Crippen molar-refractivity contribution in [2.24, 2.45) is 5.41 Å². The average Bonchev–Trinajstić information content (AvgIpc) is 3.16. The van der Waals surface area contributed by atoms with Gasteiger partial charge in [0.1, 0.15) is 17.3 Å². The van der Waals surface area contributed by atoms with Crippen LogP contribution < -0.4 is 10.9 Å². The van der Waals surface area contributed by atoms with E-state index in [0.29, 0.717) is 68.8 Å². The second kappa shape index (κ2) is 8.76. The van der Waals surface area contributed by atoms with E-state index >= 15 is 0 Å². The molecule has 2 atom stereocenters. The number of pyridine rings is 1. The molecule has 5 rings (SSSR count). The van der Waals surface area contributed by atoms with E-state index in [1.807, 2.05) is 6.07 Å². The number of hydrogen-bond donors (Lipinski definition) is 2. The normalized spacial score (nSPS) is 27.6. The van der Waals surface area contributed by atoms with Crippen molar-refractivity contribution < 1.29 is 13.5 Å². The summed E-state index contributed by atoms with van der Waals surface area (Å²) in [6.45, 7) is 7.74. The van der Waals surface area contributed by atoms with Crippen LogP contribution in [-0.2, 0) is 10.2 Å². The Kier molecular flexibility index (Phi) is 6.10. The molecule has 0 amide bonds. The van der Waals surface area contributed by atoms with Crippen molar-refractivity contribution in [2.45, 2.75) is 70.6 Å². The molecule has 1 aliphatic carbocycles. The molecule has 2 saturated heterocycles. The molecule has 0 aromatic carbocycles. The molecule has 11 nitrogen and oxygen atoms in total. The summed E-state index contributed by atoms with van der Waals surface area (Å²) in [7, 11) is -3.44. The third-order valence-corrected chi connectivity index (χ3v) is 9.66. The zero-order valence-corrected chi connectivity index (χ0v) is 21.8. The second-order valence-corrected chi connectivity index (χ2v) is 13.3. The lowest BCUT2D eigenvalue weighted by Crippen LogP contribution is -2.60. The summed E-state index contributed by atoms with van der Waals surface area (Å²) < 4.78 is 30.3. The lowest BCUT2D eigenvalue weighted by atomic mass is 9.87. The number of aromatic nitrogens is 3. The number of piperidine rings is 1. The summed E-state index contributed by atoms with van der Waals surface area (Å²) in [5.74, 6) is 0.337. The van der Waals surface area contributed by atoms with Crippen molar-refractivity contribution >= 4 is 27.2 Å². The second-order valence-electron chi connectivity index (χ2n) is 11.3. The van der Waals surface area contributed by atoms with Crippen LogP contribution in [0.4, 0.5) is 5.95 Å². The number of fused-ring (bicyclic) bond motifs is 1. The maximum Gasteiger partial charge on any atom is 0.282 e. The lowest BCUT2D eigenvalue weighted by molar-refractivity contribution is 0.0266. The fourth-order valence-electron chi connectivity index (χ4n) is 5.75. The van der Waals surface area contributed by atoms with Gasteiger partial charge in [-0.15, -0.1) is 0 Å². The Morgan fingerprint density at radius 1 is 1.17 bits per heavy atom. The summed E-state index contributed by atoms with van der Waals surface area (Å²) >= 11 is 0. The smallest absolute Gasteiger partial charge is 0.282 e. The zero-order valence-electron chi connectivity index (χ0n) is 20.9. The molecular formula is C24H33N7O4S. The summed E-state index contributed by atoms with van der Waals surface area (Å²) in [6.07, 6.45) is 4.75. The van der Waals surface area contributed by atoms with Crippen molar-refractivity contribution in [1.82, 2.24) is 23.1 Å². The van der Waals surface area contributed by atoms with Crippen LogP contribution in [0.15, 0.2) is 17.1 Å². The Bertz CT molecular complexity index is 1380. The first kappa shape index (κ1) is 25.1. The molecule has 0 unspecified atom stereocenters. The Labute approximate surface area is 210 Å². The monoisotopic (exact) mass is 515 g/mol. The third kappa shape index (κ3) is 4.38. The standard InChI is InChI=1S/C24H33N7O4S/c1-23(2)14-30(15-23)36(34,35)29-9-6-18(7-10-29)27-22-26-13-17-11-16(12-25)21(32)31(20(17)28-22)19-5-4-8-24(19,3)33/h11,13,18-19,33H,4-10,14-15H2,1-3H3,(H,26,27,28)/t19-,24-/m1/s1. The molecule has 4 heterocycles. The first-order valence-corrected chi connectivity index (χ1v) is 13.9. The summed E-state index contributed by atoms with van der Waals surface area (Å²) in [5, 5.41) is 24.2. The summed E-state index contributed by atoms with van der Waals surface area (Å²) in [5.41, 5.74) is -1.14. The van der Waals surface area contributed by atoms with E-state index in [2.05, 4.69) is 29.1 Å². The quantitative estimate of drug-likeness (QED) is 0.611. The van der Waals surface area contributed by atoms with Gasteiger partial charge in [-0.3, -0.25) is 9.36 Å². The van der Waals surface area contributed by atoms with E-state index < -0.39 is 27.4 Å². The molecule has 2 aliphatic heterocycles. The summed E-state index contributed by atoms with van der Waals surface area (Å²) in [4.78, 5) is 22.2. The minimum absolute atomic E-state index is 0.00585. The molecule has 0 spiro atoms. The predicted molar refractivity (Wildman–Crippen MR) is 135 cm³/mol. The number of nitrogens with one attached hydrogen (secondary N) is 1.